The number of amides is 1. The van der Waals surface area contributed by atoms with Crippen LogP contribution >= 0.6 is 11.6 Å². The molecule has 0 atom stereocenters. The molecular weight excluding hydrogens is 404 g/mol. The van der Waals surface area contributed by atoms with Gasteiger partial charge in [0.05, 0.1) is 17.8 Å². The lowest BCUT2D eigenvalue weighted by atomic mass is 10.3. The number of carbonyl (C=O) groups is 1. The molecule has 0 saturated heterocycles. The lowest BCUT2D eigenvalue weighted by molar-refractivity contribution is 0.0995. The zero-order valence-electron chi connectivity index (χ0n) is 15.0. The Labute approximate surface area is 167 Å². The number of nitrogens with one attached hydrogen (secondary N) is 2. The zero-order chi connectivity index (χ0) is 20.3. The number of halogens is 1. The van der Waals surface area contributed by atoms with Crippen molar-refractivity contribution in [3.63, 3.8) is 0 Å². The van der Waals surface area contributed by atoms with Gasteiger partial charge in [-0.2, -0.15) is 0 Å². The van der Waals surface area contributed by atoms with Crippen LogP contribution in [-0.4, -0.2) is 21.4 Å². The van der Waals surface area contributed by atoms with E-state index in [1.807, 2.05) is 0 Å². The minimum Gasteiger partial charge on any atom is -0.495 e. The summed E-state index contributed by atoms with van der Waals surface area (Å²) in [5.41, 5.74) is 0.492. The van der Waals surface area contributed by atoms with Gasteiger partial charge in [0.15, 0.2) is 5.76 Å². The molecule has 0 aliphatic carbocycles. The fraction of sp³-hybridized carbons (Fsp3) is 0.105. The molecule has 0 saturated carbocycles. The molecule has 0 bridgehead atoms. The smallest absolute Gasteiger partial charge is 0.291 e. The molecule has 0 aliphatic heterocycles. The van der Waals surface area contributed by atoms with Gasteiger partial charge in [-0.05, 0) is 49.4 Å². The van der Waals surface area contributed by atoms with Crippen molar-refractivity contribution >= 4 is 38.9 Å². The van der Waals surface area contributed by atoms with Crippen molar-refractivity contribution in [3.8, 4) is 5.75 Å². The normalized spacial score (nSPS) is 11.1. The Hall–Kier alpha value is -2.97. The standard InChI is InChI=1S/C19H17ClN2O5S/c1-12-7-9-17(27-12)19(23)21-13-8-10-16(26-2)18(11-13)28(24,25)22-15-6-4-3-5-14(15)20/h3-11,22H,1-2H3,(H,21,23). The van der Waals surface area contributed by atoms with E-state index >= 15 is 0 Å². The molecule has 0 unspecified atom stereocenters. The highest BCUT2D eigenvalue weighted by atomic mass is 35.5. The Balaban J connectivity index is 1.92. The van der Waals surface area contributed by atoms with E-state index in [0.29, 0.717) is 5.76 Å². The Kier molecular flexibility index (Phi) is 5.62. The lowest BCUT2D eigenvalue weighted by Gasteiger charge is -2.14. The Morgan fingerprint density at radius 2 is 1.86 bits per heavy atom. The van der Waals surface area contributed by atoms with E-state index in [2.05, 4.69) is 10.0 Å². The maximum Gasteiger partial charge on any atom is 0.291 e. The van der Waals surface area contributed by atoms with Crippen molar-refractivity contribution in [2.75, 3.05) is 17.1 Å². The van der Waals surface area contributed by atoms with Crippen LogP contribution in [0.5, 0.6) is 5.75 Å². The predicted octanol–water partition coefficient (Wildman–Crippen LogP) is 4.30. The number of para-hydroxylation sites is 1. The van der Waals surface area contributed by atoms with Gasteiger partial charge in [-0.25, -0.2) is 8.42 Å². The fourth-order valence-electron chi connectivity index (χ4n) is 2.46. The monoisotopic (exact) mass is 420 g/mol. The molecule has 9 heteroatoms. The third-order valence-corrected chi connectivity index (χ3v) is 5.51. The molecule has 0 fully saturated rings. The molecule has 0 radical (unpaired) electrons. The number of rotatable bonds is 6. The van der Waals surface area contributed by atoms with Gasteiger partial charge in [-0.3, -0.25) is 9.52 Å². The summed E-state index contributed by atoms with van der Waals surface area (Å²) in [5, 5.41) is 2.86. The fourth-order valence-corrected chi connectivity index (χ4v) is 3.97. The highest BCUT2D eigenvalue weighted by Gasteiger charge is 2.22. The SMILES string of the molecule is COc1ccc(NC(=O)c2ccc(C)o2)cc1S(=O)(=O)Nc1ccccc1Cl. The van der Waals surface area contributed by atoms with Crippen LogP contribution < -0.4 is 14.8 Å². The number of benzene rings is 2. The number of hydrogen-bond acceptors (Lipinski definition) is 5. The molecule has 3 rings (SSSR count). The summed E-state index contributed by atoms with van der Waals surface area (Å²) in [5.74, 6) is 0.325. The van der Waals surface area contributed by atoms with E-state index in [0.717, 1.165) is 0 Å². The molecule has 28 heavy (non-hydrogen) atoms. The minimum absolute atomic E-state index is 0.117. The summed E-state index contributed by atoms with van der Waals surface area (Å²) < 4.78 is 38.6. The van der Waals surface area contributed by atoms with Gasteiger partial charge in [-0.1, -0.05) is 23.7 Å². The van der Waals surface area contributed by atoms with Crippen LogP contribution in [-0.2, 0) is 10.0 Å². The lowest BCUT2D eigenvalue weighted by Crippen LogP contribution is -2.16. The van der Waals surface area contributed by atoms with Gasteiger partial charge in [0, 0.05) is 5.69 Å². The predicted molar refractivity (Wildman–Crippen MR) is 107 cm³/mol. The second-order valence-electron chi connectivity index (χ2n) is 5.82. The highest BCUT2D eigenvalue weighted by molar-refractivity contribution is 7.92. The average Bonchev–Trinajstić information content (AvgIpc) is 3.10. The molecular formula is C19H17ClN2O5S. The van der Waals surface area contributed by atoms with Crippen molar-refractivity contribution in [2.45, 2.75) is 11.8 Å². The van der Waals surface area contributed by atoms with Crippen LogP contribution in [0, 0.1) is 6.92 Å². The number of methoxy groups -OCH3 is 1. The summed E-state index contributed by atoms with van der Waals surface area (Å²) in [6.07, 6.45) is 0. The summed E-state index contributed by atoms with van der Waals surface area (Å²) >= 11 is 6.04. The van der Waals surface area contributed by atoms with Crippen LogP contribution in [0.2, 0.25) is 5.02 Å². The quantitative estimate of drug-likeness (QED) is 0.619. The van der Waals surface area contributed by atoms with E-state index in [1.165, 1.54) is 37.4 Å². The number of aryl methyl sites for hydroxylation is 1. The first kappa shape index (κ1) is 19.8. The van der Waals surface area contributed by atoms with Gasteiger partial charge in [0.2, 0.25) is 0 Å². The summed E-state index contributed by atoms with van der Waals surface area (Å²) in [4.78, 5) is 12.1. The zero-order valence-corrected chi connectivity index (χ0v) is 16.6. The Morgan fingerprint density at radius 1 is 1.11 bits per heavy atom. The van der Waals surface area contributed by atoms with Gasteiger partial charge in [-0.15, -0.1) is 0 Å². The number of anilines is 2. The molecule has 7 nitrogen and oxygen atoms in total. The second kappa shape index (κ2) is 7.95. The summed E-state index contributed by atoms with van der Waals surface area (Å²) in [6, 6.07) is 13.9. The van der Waals surface area contributed by atoms with Crippen LogP contribution in [0.3, 0.4) is 0 Å². The van der Waals surface area contributed by atoms with Crippen molar-refractivity contribution in [3.05, 3.63) is 71.1 Å². The van der Waals surface area contributed by atoms with Crippen molar-refractivity contribution < 1.29 is 22.4 Å². The Morgan fingerprint density at radius 3 is 2.50 bits per heavy atom. The number of ether oxygens (including phenoxy) is 1. The summed E-state index contributed by atoms with van der Waals surface area (Å²) in [7, 11) is -2.68. The highest BCUT2D eigenvalue weighted by Crippen LogP contribution is 2.31. The van der Waals surface area contributed by atoms with Crippen LogP contribution in [0.25, 0.3) is 0 Å². The van der Waals surface area contributed by atoms with E-state index < -0.39 is 15.9 Å². The van der Waals surface area contributed by atoms with Gasteiger partial charge < -0.3 is 14.5 Å². The molecule has 0 spiro atoms. The Bertz CT molecular complexity index is 1120. The van der Waals surface area contributed by atoms with Crippen molar-refractivity contribution in [1.82, 2.24) is 0 Å². The number of sulfonamides is 1. The van der Waals surface area contributed by atoms with E-state index in [1.54, 1.807) is 31.2 Å². The first-order chi connectivity index (χ1) is 13.3. The largest absolute Gasteiger partial charge is 0.495 e. The van der Waals surface area contributed by atoms with Crippen LogP contribution in [0.15, 0.2) is 63.9 Å². The summed E-state index contributed by atoms with van der Waals surface area (Å²) in [6.45, 7) is 1.72. The molecule has 1 aromatic heterocycles. The molecule has 1 amide bonds. The van der Waals surface area contributed by atoms with Gasteiger partial charge in [0.25, 0.3) is 15.9 Å². The molecule has 3 aromatic rings. The molecule has 2 aromatic carbocycles. The van der Waals surface area contributed by atoms with E-state index in [-0.39, 0.29) is 32.8 Å². The first-order valence-electron chi connectivity index (χ1n) is 8.13. The van der Waals surface area contributed by atoms with Crippen LogP contribution in [0.4, 0.5) is 11.4 Å². The molecule has 2 N–H and O–H groups in total. The van der Waals surface area contributed by atoms with E-state index in [9.17, 15) is 13.2 Å². The third kappa shape index (κ3) is 4.29. The van der Waals surface area contributed by atoms with Gasteiger partial charge in [0.1, 0.15) is 16.4 Å². The van der Waals surface area contributed by atoms with E-state index in [4.69, 9.17) is 20.8 Å². The number of hydrogen-bond donors (Lipinski definition) is 2. The molecule has 0 aliphatic rings. The first-order valence-corrected chi connectivity index (χ1v) is 9.99. The minimum atomic E-state index is -4.03. The maximum atomic E-state index is 12.9. The van der Waals surface area contributed by atoms with Gasteiger partial charge >= 0.3 is 0 Å². The van der Waals surface area contributed by atoms with Crippen molar-refractivity contribution in [2.24, 2.45) is 0 Å². The number of carbonyl (C=O) groups excluding carboxylic acids is 1. The number of furan rings is 1. The average molecular weight is 421 g/mol. The third-order valence-electron chi connectivity index (χ3n) is 3.79. The molecule has 1 heterocycles. The maximum absolute atomic E-state index is 12.9. The topological polar surface area (TPSA) is 97.6 Å². The van der Waals surface area contributed by atoms with Crippen molar-refractivity contribution in [1.29, 1.82) is 0 Å². The second-order valence-corrected chi connectivity index (χ2v) is 7.87. The molecule has 146 valence electrons. The van der Waals surface area contributed by atoms with Crippen LogP contribution in [0.1, 0.15) is 16.3 Å².